The van der Waals surface area contributed by atoms with Crippen molar-refractivity contribution in [3.05, 3.63) is 55.8 Å². The second-order valence-corrected chi connectivity index (χ2v) is 9.12. The summed E-state index contributed by atoms with van der Waals surface area (Å²) >= 11 is 5.95. The van der Waals surface area contributed by atoms with Gasteiger partial charge < -0.3 is 20.4 Å². The zero-order valence-electron chi connectivity index (χ0n) is 14.2. The van der Waals surface area contributed by atoms with Crippen LogP contribution in [0.3, 0.4) is 0 Å². The zero-order chi connectivity index (χ0) is 22.1. The topological polar surface area (TPSA) is 163 Å². The van der Waals surface area contributed by atoms with Gasteiger partial charge in [-0.3, -0.25) is 0 Å². The number of halogens is 2. The Bertz CT molecular complexity index is 1220. The fourth-order valence-electron chi connectivity index (χ4n) is 2.31. The minimum Gasteiger partial charge on any atom is -0.504 e. The fourth-order valence-corrected chi connectivity index (χ4v) is 4.43. The Balaban J connectivity index is 3.06. The number of hydrogen-bond acceptors (Lipinski definition) is 8. The third kappa shape index (κ3) is 4.07. The molecule has 2 rings (SSSR count). The molecule has 0 aromatic heterocycles. The van der Waals surface area contributed by atoms with E-state index in [9.17, 15) is 34.1 Å². The van der Waals surface area contributed by atoms with Crippen molar-refractivity contribution in [1.29, 1.82) is 10.5 Å². The summed E-state index contributed by atoms with van der Waals surface area (Å²) in [6.07, 6.45) is 0. The molecule has 0 fully saturated rings. The molecular weight excluding hydrogens is 532 g/mol. The lowest BCUT2D eigenvalue weighted by molar-refractivity contribution is 0.401. The van der Waals surface area contributed by atoms with Crippen LogP contribution in [0.15, 0.2) is 44.7 Å². The van der Waals surface area contributed by atoms with Crippen LogP contribution in [0.2, 0.25) is 0 Å². The highest BCUT2D eigenvalue weighted by atomic mass is 79.9. The Morgan fingerprint density at radius 3 is 1.72 bits per heavy atom. The van der Waals surface area contributed by atoms with Crippen molar-refractivity contribution in [2.45, 2.75) is 0 Å². The van der Waals surface area contributed by atoms with E-state index in [1.807, 2.05) is 0 Å². The van der Waals surface area contributed by atoms with Crippen LogP contribution in [0.25, 0.3) is 10.5 Å². The lowest BCUT2D eigenvalue weighted by atomic mass is 10.0. The van der Waals surface area contributed by atoms with Crippen molar-refractivity contribution in [3.63, 3.8) is 0 Å². The van der Waals surface area contributed by atoms with Crippen LogP contribution in [-0.2, 0) is 9.84 Å². The molecule has 8 nitrogen and oxygen atoms in total. The third-order valence-corrected chi connectivity index (χ3v) is 6.62. The van der Waals surface area contributed by atoms with Gasteiger partial charge in [0.25, 0.3) is 0 Å². The maximum Gasteiger partial charge on any atom is 0.217 e. The van der Waals surface area contributed by atoms with Crippen LogP contribution >= 0.6 is 31.9 Å². The Morgan fingerprint density at radius 2 is 1.31 bits per heavy atom. The minimum absolute atomic E-state index is 0.0224. The molecule has 0 heterocycles. The molecule has 0 aliphatic heterocycles. The van der Waals surface area contributed by atoms with Gasteiger partial charge in [-0.2, -0.15) is 10.5 Å². The molecule has 0 spiro atoms. The number of hydrogen-bond donors (Lipinski definition) is 4. The van der Waals surface area contributed by atoms with Crippen LogP contribution < -0.4 is 0 Å². The van der Waals surface area contributed by atoms with E-state index >= 15 is 0 Å². The maximum atomic E-state index is 13.0. The maximum absolute atomic E-state index is 13.0. The molecule has 0 amide bonds. The number of benzene rings is 2. The van der Waals surface area contributed by atoms with Crippen molar-refractivity contribution in [2.75, 3.05) is 0 Å². The third-order valence-electron chi connectivity index (χ3n) is 3.69. The van der Waals surface area contributed by atoms with Gasteiger partial charge in [-0.25, -0.2) is 8.42 Å². The Labute approximate surface area is 182 Å². The van der Waals surface area contributed by atoms with E-state index in [4.69, 9.17) is 5.26 Å². The summed E-state index contributed by atoms with van der Waals surface area (Å²) in [7, 11) is -4.62. The highest BCUT2D eigenvalue weighted by Gasteiger charge is 2.30. The molecule has 0 unspecified atom stereocenters. The summed E-state index contributed by atoms with van der Waals surface area (Å²) in [5.41, 5.74) is -0.846. The van der Waals surface area contributed by atoms with Gasteiger partial charge in [0.1, 0.15) is 17.0 Å². The predicted octanol–water partition coefficient (Wildman–Crippen LogP) is 3.88. The first-order chi connectivity index (χ1) is 13.4. The van der Waals surface area contributed by atoms with Crippen molar-refractivity contribution in [3.8, 4) is 35.1 Å². The molecule has 2 aromatic carbocycles. The number of aromatic hydroxyl groups is 4. The van der Waals surface area contributed by atoms with Crippen LogP contribution in [0, 0.1) is 22.7 Å². The smallest absolute Gasteiger partial charge is 0.217 e. The highest BCUT2D eigenvalue weighted by molar-refractivity contribution is 9.11. The second-order valence-electron chi connectivity index (χ2n) is 5.51. The van der Waals surface area contributed by atoms with Gasteiger partial charge in [0.15, 0.2) is 23.0 Å². The highest BCUT2D eigenvalue weighted by Crippen LogP contribution is 2.43. The largest absolute Gasteiger partial charge is 0.504 e. The van der Waals surface area contributed by atoms with Crippen molar-refractivity contribution < 1.29 is 28.8 Å². The van der Waals surface area contributed by atoms with Crippen molar-refractivity contribution in [1.82, 2.24) is 0 Å². The van der Waals surface area contributed by atoms with Crippen LogP contribution in [-0.4, -0.2) is 28.8 Å². The van der Waals surface area contributed by atoms with Crippen LogP contribution in [0.1, 0.15) is 11.1 Å². The van der Waals surface area contributed by atoms with Crippen molar-refractivity contribution >= 4 is 52.2 Å². The Morgan fingerprint density at radius 1 is 0.862 bits per heavy atom. The molecule has 0 saturated carbocycles. The number of sulfone groups is 1. The molecule has 2 aromatic rings. The summed E-state index contributed by atoms with van der Waals surface area (Å²) in [5, 5.41) is 57.9. The van der Waals surface area contributed by atoms with Crippen LogP contribution in [0.5, 0.6) is 23.0 Å². The minimum atomic E-state index is -4.62. The van der Waals surface area contributed by atoms with Gasteiger partial charge in [-0.05, 0) is 67.3 Å². The van der Waals surface area contributed by atoms with E-state index in [1.54, 1.807) is 6.07 Å². The number of nitrogens with zero attached hydrogens (tertiary/aromatic N) is 2. The molecule has 0 bridgehead atoms. The predicted molar refractivity (Wildman–Crippen MR) is 111 cm³/mol. The van der Waals surface area contributed by atoms with Crippen LogP contribution in [0.4, 0.5) is 0 Å². The number of phenols is 4. The number of phenolic OH excluding ortho intramolecular Hbond substituents is 4. The SMILES string of the molecule is C=C(C#N)S(=O)(=O)C(=C(C#N)c1cc(O)c(O)c(Br)c1)c1cc(O)c(O)c(Br)c1. The number of nitriles is 2. The van der Waals surface area contributed by atoms with E-state index in [-0.39, 0.29) is 20.1 Å². The van der Waals surface area contributed by atoms with Gasteiger partial charge in [-0.15, -0.1) is 0 Å². The molecule has 0 aliphatic rings. The average Bonchev–Trinajstić information content (AvgIpc) is 2.66. The molecule has 29 heavy (non-hydrogen) atoms. The van der Waals surface area contributed by atoms with E-state index in [0.717, 1.165) is 18.2 Å². The summed E-state index contributed by atoms with van der Waals surface area (Å²) in [6.45, 7) is 3.20. The van der Waals surface area contributed by atoms with Gasteiger partial charge in [0.05, 0.1) is 19.4 Å². The molecular formula is C18H10Br2N2O6S. The molecule has 148 valence electrons. The number of allylic oxidation sites excluding steroid dienone is 2. The molecule has 4 N–H and O–H groups in total. The standard InChI is InChI=1S/C18H10Br2N2O6S/c1-8(6-21)29(27,28)18(10-3-13(20)17(26)15(24)5-10)11(7-22)9-2-12(19)16(25)14(23)4-9/h2-5,23-26H,1H2. The van der Waals surface area contributed by atoms with Crippen molar-refractivity contribution in [2.24, 2.45) is 0 Å². The van der Waals surface area contributed by atoms with Gasteiger partial charge in [-0.1, -0.05) is 6.58 Å². The quantitative estimate of drug-likeness (QED) is 0.257. The van der Waals surface area contributed by atoms with E-state index < -0.39 is 48.2 Å². The van der Waals surface area contributed by atoms with Gasteiger partial charge in [0.2, 0.25) is 9.84 Å². The fraction of sp³-hybridized carbons (Fsp3) is 0. The number of rotatable bonds is 4. The summed E-state index contributed by atoms with van der Waals surface area (Å²) < 4.78 is 25.8. The van der Waals surface area contributed by atoms with Gasteiger partial charge >= 0.3 is 0 Å². The molecule has 0 aliphatic carbocycles. The Kier molecular flexibility index (Phi) is 6.28. The van der Waals surface area contributed by atoms with E-state index in [2.05, 4.69) is 38.4 Å². The Hall–Kier alpha value is -2.99. The zero-order valence-corrected chi connectivity index (χ0v) is 18.2. The average molecular weight is 542 g/mol. The normalized spacial score (nSPS) is 11.9. The molecule has 11 heteroatoms. The summed E-state index contributed by atoms with van der Waals surface area (Å²) in [4.78, 5) is -1.56. The first-order valence-corrected chi connectivity index (χ1v) is 10.4. The summed E-state index contributed by atoms with van der Waals surface area (Å²) in [6, 6.07) is 7.28. The lowest BCUT2D eigenvalue weighted by Gasteiger charge is -2.14. The monoisotopic (exact) mass is 540 g/mol. The van der Waals surface area contributed by atoms with E-state index in [0.29, 0.717) is 0 Å². The summed E-state index contributed by atoms with van der Waals surface area (Å²) in [5.74, 6) is -2.40. The second kappa shape index (κ2) is 8.17. The lowest BCUT2D eigenvalue weighted by Crippen LogP contribution is -2.08. The van der Waals surface area contributed by atoms with Gasteiger partial charge in [0, 0.05) is 0 Å². The first-order valence-electron chi connectivity index (χ1n) is 7.37. The first kappa shape index (κ1) is 22.3. The molecule has 0 radical (unpaired) electrons. The van der Waals surface area contributed by atoms with E-state index in [1.165, 1.54) is 12.1 Å². The molecule has 0 atom stereocenters. The molecule has 0 saturated heterocycles.